The predicted octanol–water partition coefficient (Wildman–Crippen LogP) is 11.0. The van der Waals surface area contributed by atoms with Crippen molar-refractivity contribution in [2.24, 2.45) is 0 Å². The van der Waals surface area contributed by atoms with Gasteiger partial charge in [0.05, 0.1) is 5.69 Å². The van der Waals surface area contributed by atoms with Crippen LogP contribution in [0.2, 0.25) is 0 Å². The SMILES string of the molecule is Cc1cc(-c2ccccc2)ccc1-[n+]1[c-]n(-c2[c-]c(Oc3[c-]c4c(cc3)c3ccccc3n4-c3cc(C(C)(C)C)ccn3)cc(C(C)(C)C)c2)cc1.[Pt]. The maximum absolute atomic E-state index is 6.64. The first-order valence-corrected chi connectivity index (χ1v) is 17.8. The summed E-state index contributed by atoms with van der Waals surface area (Å²) in [5.41, 5.74) is 9.69. The molecule has 0 unspecified atom stereocenters. The molecule has 5 aromatic carbocycles. The standard InChI is InChI=1S/C47H42N4O.Pt/c1-32-25-34(33-13-9-8-10-14-33)17-20-42(32)50-24-23-49(31-50)37-26-36(47(5,6)7)27-39(29-37)52-38-18-19-41-40-15-11-12-16-43(40)51(44(41)30-38)45-28-35(21-22-48-45)46(2,3)4;/h8-28H,1-7H3;/q-2;. The van der Waals surface area contributed by atoms with Crippen LogP contribution >= 0.6 is 0 Å². The van der Waals surface area contributed by atoms with Gasteiger partial charge in [-0.2, -0.15) is 17.7 Å². The average Bonchev–Trinajstić information content (AvgIpc) is 3.74. The van der Waals surface area contributed by atoms with Crippen LogP contribution in [0.4, 0.5) is 0 Å². The number of aromatic nitrogens is 4. The van der Waals surface area contributed by atoms with Crippen molar-refractivity contribution in [3.8, 4) is 39.8 Å². The molecule has 0 saturated carbocycles. The summed E-state index contributed by atoms with van der Waals surface area (Å²) in [5.74, 6) is 2.08. The number of para-hydroxylation sites is 1. The monoisotopic (exact) mass is 873 g/mol. The molecule has 0 amide bonds. The number of benzene rings is 5. The minimum atomic E-state index is -0.126. The molecule has 0 aliphatic rings. The smallest absolute Gasteiger partial charge is 0.267 e. The van der Waals surface area contributed by atoms with E-state index in [1.54, 1.807) is 0 Å². The molecule has 0 aliphatic carbocycles. The molecular formula is C47H42N4OPt-2. The number of aryl methyl sites for hydroxylation is 1. The molecule has 0 N–H and O–H groups in total. The van der Waals surface area contributed by atoms with Crippen molar-refractivity contribution < 1.29 is 30.4 Å². The van der Waals surface area contributed by atoms with Gasteiger partial charge in [-0.05, 0) is 75.3 Å². The molecular weight excluding hydrogens is 832 g/mol. The van der Waals surface area contributed by atoms with Crippen molar-refractivity contribution in [2.45, 2.75) is 59.3 Å². The van der Waals surface area contributed by atoms with Gasteiger partial charge < -0.3 is 13.9 Å². The number of rotatable bonds is 6. The molecule has 6 heteroatoms. The normalized spacial score (nSPS) is 11.9. The van der Waals surface area contributed by atoms with E-state index < -0.39 is 0 Å². The summed E-state index contributed by atoms with van der Waals surface area (Å²) in [7, 11) is 0. The Morgan fingerprint density at radius 3 is 2.19 bits per heavy atom. The first-order valence-electron chi connectivity index (χ1n) is 17.8. The van der Waals surface area contributed by atoms with Crippen molar-refractivity contribution in [3.63, 3.8) is 0 Å². The number of hydrogen-bond donors (Lipinski definition) is 0. The van der Waals surface area contributed by atoms with Crippen LogP contribution in [0.3, 0.4) is 0 Å². The first kappa shape index (κ1) is 36.1. The predicted molar refractivity (Wildman–Crippen MR) is 210 cm³/mol. The van der Waals surface area contributed by atoms with E-state index in [4.69, 9.17) is 9.72 Å². The fraction of sp³-hybridized carbons (Fsp3) is 0.191. The van der Waals surface area contributed by atoms with Gasteiger partial charge in [0.1, 0.15) is 5.82 Å². The average molecular weight is 874 g/mol. The third-order valence-corrected chi connectivity index (χ3v) is 9.72. The van der Waals surface area contributed by atoms with E-state index in [0.717, 1.165) is 44.6 Å². The first-order chi connectivity index (χ1) is 24.9. The summed E-state index contributed by atoms with van der Waals surface area (Å²) in [4.78, 5) is 4.83. The van der Waals surface area contributed by atoms with Gasteiger partial charge in [-0.15, -0.1) is 29.7 Å². The molecule has 0 saturated heterocycles. The van der Waals surface area contributed by atoms with Crippen LogP contribution in [0.5, 0.6) is 11.5 Å². The second kappa shape index (κ2) is 13.9. The van der Waals surface area contributed by atoms with E-state index in [2.05, 4.69) is 169 Å². The van der Waals surface area contributed by atoms with Crippen molar-refractivity contribution in [3.05, 3.63) is 163 Å². The van der Waals surface area contributed by atoms with Gasteiger partial charge in [-0.3, -0.25) is 4.57 Å². The molecule has 0 aliphatic heterocycles. The Morgan fingerprint density at radius 1 is 0.679 bits per heavy atom. The summed E-state index contributed by atoms with van der Waals surface area (Å²) in [6, 6.07) is 45.2. The molecule has 0 radical (unpaired) electrons. The number of pyridine rings is 1. The summed E-state index contributed by atoms with van der Waals surface area (Å²) >= 11 is 0. The van der Waals surface area contributed by atoms with Crippen LogP contribution in [0.25, 0.3) is 50.1 Å². The van der Waals surface area contributed by atoms with Crippen molar-refractivity contribution in [1.29, 1.82) is 0 Å². The zero-order valence-electron chi connectivity index (χ0n) is 31.1. The molecule has 268 valence electrons. The summed E-state index contributed by atoms with van der Waals surface area (Å²) in [6.45, 7) is 15.4. The second-order valence-corrected chi connectivity index (χ2v) is 15.6. The Morgan fingerprint density at radius 2 is 1.43 bits per heavy atom. The van der Waals surface area contributed by atoms with Crippen LogP contribution in [0.15, 0.2) is 128 Å². The molecule has 5 nitrogen and oxygen atoms in total. The third-order valence-electron chi connectivity index (χ3n) is 9.72. The Kier molecular flexibility index (Phi) is 9.51. The van der Waals surface area contributed by atoms with Crippen LogP contribution in [-0.4, -0.2) is 14.1 Å². The van der Waals surface area contributed by atoms with E-state index in [-0.39, 0.29) is 31.9 Å². The van der Waals surface area contributed by atoms with E-state index >= 15 is 0 Å². The topological polar surface area (TPSA) is 35.9 Å². The zero-order valence-corrected chi connectivity index (χ0v) is 33.4. The summed E-state index contributed by atoms with van der Waals surface area (Å²) < 4.78 is 12.8. The largest absolute Gasteiger partial charge is 0.510 e. The van der Waals surface area contributed by atoms with Gasteiger partial charge in [-0.1, -0.05) is 108 Å². The van der Waals surface area contributed by atoms with Gasteiger partial charge in [0.25, 0.3) is 6.33 Å². The van der Waals surface area contributed by atoms with Crippen LogP contribution in [0.1, 0.15) is 58.2 Å². The third kappa shape index (κ3) is 7.11. The maximum Gasteiger partial charge on any atom is 0.267 e. The quantitative estimate of drug-likeness (QED) is 0.123. The summed E-state index contributed by atoms with van der Waals surface area (Å²) in [5, 5.41) is 2.24. The molecule has 53 heavy (non-hydrogen) atoms. The van der Waals surface area contributed by atoms with Crippen molar-refractivity contribution in [1.82, 2.24) is 14.1 Å². The van der Waals surface area contributed by atoms with Gasteiger partial charge in [-0.25, -0.2) is 4.98 Å². The Labute approximate surface area is 326 Å². The number of hydrogen-bond acceptors (Lipinski definition) is 2. The Balaban J connectivity index is 0.00000435. The number of imidazole rings is 1. The second-order valence-electron chi connectivity index (χ2n) is 15.6. The van der Waals surface area contributed by atoms with Gasteiger partial charge in [0.2, 0.25) is 0 Å². The Bertz CT molecular complexity index is 2590. The minimum Gasteiger partial charge on any atom is -0.510 e. The fourth-order valence-electron chi connectivity index (χ4n) is 6.76. The molecule has 8 aromatic rings. The fourth-order valence-corrected chi connectivity index (χ4v) is 6.76. The van der Waals surface area contributed by atoms with Gasteiger partial charge >= 0.3 is 0 Å². The molecule has 0 atom stereocenters. The van der Waals surface area contributed by atoms with E-state index in [1.807, 2.05) is 39.9 Å². The number of fused-ring (bicyclic) bond motifs is 3. The zero-order chi connectivity index (χ0) is 36.2. The molecule has 0 spiro atoms. The number of nitrogens with zero attached hydrogens (tertiary/aromatic N) is 4. The minimum absolute atomic E-state index is 0. The van der Waals surface area contributed by atoms with Crippen molar-refractivity contribution >= 4 is 21.8 Å². The van der Waals surface area contributed by atoms with Crippen LogP contribution in [-0.2, 0) is 31.9 Å². The van der Waals surface area contributed by atoms with E-state index in [9.17, 15) is 0 Å². The van der Waals surface area contributed by atoms with Gasteiger partial charge in [0, 0.05) is 56.7 Å². The molecule has 8 rings (SSSR count). The molecule has 0 fully saturated rings. The molecule has 3 aromatic heterocycles. The van der Waals surface area contributed by atoms with Crippen LogP contribution < -0.4 is 9.30 Å². The van der Waals surface area contributed by atoms with Crippen LogP contribution in [0, 0.1) is 25.4 Å². The van der Waals surface area contributed by atoms with E-state index in [0.29, 0.717) is 11.5 Å². The van der Waals surface area contributed by atoms with E-state index in [1.165, 1.54) is 22.3 Å². The number of ether oxygens (including phenoxy) is 1. The van der Waals surface area contributed by atoms with Gasteiger partial charge in [0.15, 0.2) is 0 Å². The Hall–Kier alpha value is -5.25. The van der Waals surface area contributed by atoms with Crippen molar-refractivity contribution in [2.75, 3.05) is 0 Å². The molecule has 3 heterocycles. The summed E-state index contributed by atoms with van der Waals surface area (Å²) in [6.07, 6.45) is 9.47. The molecule has 0 bridgehead atoms. The maximum atomic E-state index is 6.64.